The van der Waals surface area contributed by atoms with Crippen molar-refractivity contribution in [1.82, 2.24) is 0 Å². The van der Waals surface area contributed by atoms with E-state index in [9.17, 15) is 9.59 Å². The zero-order valence-corrected chi connectivity index (χ0v) is 11.4. The van der Waals surface area contributed by atoms with Crippen molar-refractivity contribution in [3.8, 4) is 6.07 Å². The molecule has 0 heterocycles. The average molecular weight is 293 g/mol. The van der Waals surface area contributed by atoms with Gasteiger partial charge in [0.15, 0.2) is 0 Å². The Balaban J connectivity index is 2.10. The number of carboxylic acid groups (broad SMARTS) is 1. The van der Waals surface area contributed by atoms with Gasteiger partial charge in [-0.1, -0.05) is 18.0 Å². The van der Waals surface area contributed by atoms with Crippen molar-refractivity contribution in [3.05, 3.63) is 28.8 Å². The summed E-state index contributed by atoms with van der Waals surface area (Å²) in [6.07, 6.45) is 1.84. The molecule has 0 unspecified atom stereocenters. The number of benzene rings is 1. The number of hydrogen-bond donors (Lipinski definition) is 2. The van der Waals surface area contributed by atoms with Gasteiger partial charge in [0.1, 0.15) is 6.07 Å². The van der Waals surface area contributed by atoms with E-state index in [4.69, 9.17) is 22.0 Å². The summed E-state index contributed by atoms with van der Waals surface area (Å²) in [4.78, 5) is 23.2. The van der Waals surface area contributed by atoms with Crippen LogP contribution in [0.15, 0.2) is 18.2 Å². The summed E-state index contributed by atoms with van der Waals surface area (Å²) in [6, 6.07) is 6.51. The number of rotatable bonds is 3. The molecular formula is C14H13ClN2O3. The first-order valence-electron chi connectivity index (χ1n) is 6.26. The summed E-state index contributed by atoms with van der Waals surface area (Å²) in [5.74, 6) is -2.37. The van der Waals surface area contributed by atoms with E-state index in [1.807, 2.05) is 6.07 Å². The third-order valence-corrected chi connectivity index (χ3v) is 3.84. The third kappa shape index (κ3) is 2.91. The van der Waals surface area contributed by atoms with Gasteiger partial charge in [-0.2, -0.15) is 5.26 Å². The van der Waals surface area contributed by atoms with Crippen LogP contribution in [0.25, 0.3) is 0 Å². The van der Waals surface area contributed by atoms with Crippen molar-refractivity contribution in [2.24, 2.45) is 11.8 Å². The van der Waals surface area contributed by atoms with Crippen LogP contribution in [0, 0.1) is 23.2 Å². The molecule has 1 aromatic rings. The maximum atomic E-state index is 12.1. The van der Waals surface area contributed by atoms with Crippen molar-refractivity contribution in [2.45, 2.75) is 19.3 Å². The minimum atomic E-state index is -0.930. The minimum Gasteiger partial charge on any atom is -0.481 e. The molecule has 2 rings (SSSR count). The third-order valence-electron chi connectivity index (χ3n) is 3.53. The zero-order valence-electron chi connectivity index (χ0n) is 10.6. The molecular weight excluding hydrogens is 280 g/mol. The molecule has 0 bridgehead atoms. The second-order valence-electron chi connectivity index (χ2n) is 4.78. The number of anilines is 1. The Hall–Kier alpha value is -2.06. The van der Waals surface area contributed by atoms with Gasteiger partial charge in [-0.05, 0) is 31.0 Å². The highest BCUT2D eigenvalue weighted by Crippen LogP contribution is 2.33. The lowest BCUT2D eigenvalue weighted by Crippen LogP contribution is -2.29. The van der Waals surface area contributed by atoms with Crippen molar-refractivity contribution in [3.63, 3.8) is 0 Å². The van der Waals surface area contributed by atoms with Crippen LogP contribution in [0.2, 0.25) is 5.02 Å². The topological polar surface area (TPSA) is 90.2 Å². The molecule has 1 fully saturated rings. The predicted molar refractivity (Wildman–Crippen MR) is 73.3 cm³/mol. The van der Waals surface area contributed by atoms with Crippen LogP contribution in [0.3, 0.4) is 0 Å². The molecule has 2 N–H and O–H groups in total. The number of aliphatic carboxylic acids is 1. The molecule has 0 spiro atoms. The van der Waals surface area contributed by atoms with E-state index in [0.717, 1.165) is 6.42 Å². The average Bonchev–Trinajstić information content (AvgIpc) is 2.88. The number of nitriles is 1. The normalized spacial score (nSPS) is 21.2. The Labute approximate surface area is 121 Å². The molecule has 0 radical (unpaired) electrons. The predicted octanol–water partition coefficient (Wildman–Crippen LogP) is 2.65. The fourth-order valence-electron chi connectivity index (χ4n) is 2.49. The molecule has 0 saturated heterocycles. The number of halogens is 1. The molecule has 20 heavy (non-hydrogen) atoms. The molecule has 1 saturated carbocycles. The number of hydrogen-bond acceptors (Lipinski definition) is 3. The number of amides is 1. The van der Waals surface area contributed by atoms with Crippen molar-refractivity contribution >= 4 is 29.2 Å². The number of nitrogens with one attached hydrogen (secondary N) is 1. The Kier molecular flexibility index (Phi) is 4.26. The molecule has 1 aliphatic carbocycles. The van der Waals surface area contributed by atoms with Gasteiger partial charge in [0.05, 0.1) is 22.4 Å². The van der Waals surface area contributed by atoms with E-state index < -0.39 is 17.8 Å². The Morgan fingerprint density at radius 3 is 2.65 bits per heavy atom. The molecule has 2 atom stereocenters. The van der Waals surface area contributed by atoms with Crippen molar-refractivity contribution < 1.29 is 14.7 Å². The first-order valence-corrected chi connectivity index (χ1v) is 6.64. The van der Waals surface area contributed by atoms with Gasteiger partial charge in [-0.3, -0.25) is 9.59 Å². The van der Waals surface area contributed by atoms with E-state index in [1.165, 1.54) is 12.1 Å². The van der Waals surface area contributed by atoms with Gasteiger partial charge < -0.3 is 10.4 Å². The summed E-state index contributed by atoms with van der Waals surface area (Å²) in [5.41, 5.74) is 0.795. The van der Waals surface area contributed by atoms with Crippen LogP contribution < -0.4 is 5.32 Å². The van der Waals surface area contributed by atoms with Gasteiger partial charge >= 0.3 is 5.97 Å². The van der Waals surface area contributed by atoms with Crippen LogP contribution in [0.1, 0.15) is 24.8 Å². The standard InChI is InChI=1S/C14H13ClN2O3/c15-12-6-9(5-4-8(12)7-16)17-13(18)10-2-1-3-11(10)14(19)20/h4-6,10-11H,1-3H2,(H,17,18)(H,19,20)/t10-,11+/m1/s1. The molecule has 0 aliphatic heterocycles. The van der Waals surface area contributed by atoms with E-state index in [0.29, 0.717) is 24.1 Å². The van der Waals surface area contributed by atoms with E-state index in [-0.39, 0.29) is 10.9 Å². The zero-order chi connectivity index (χ0) is 14.7. The quantitative estimate of drug-likeness (QED) is 0.896. The van der Waals surface area contributed by atoms with Gasteiger partial charge in [-0.25, -0.2) is 0 Å². The molecule has 1 aliphatic rings. The monoisotopic (exact) mass is 292 g/mol. The van der Waals surface area contributed by atoms with Crippen LogP contribution in [-0.2, 0) is 9.59 Å². The fourth-order valence-corrected chi connectivity index (χ4v) is 2.71. The SMILES string of the molecule is N#Cc1ccc(NC(=O)[C@@H]2CCC[C@@H]2C(=O)O)cc1Cl. The summed E-state index contributed by atoms with van der Waals surface area (Å²) in [5, 5.41) is 20.8. The molecule has 6 heteroatoms. The van der Waals surface area contributed by atoms with Gasteiger partial charge in [0, 0.05) is 5.69 Å². The smallest absolute Gasteiger partial charge is 0.307 e. The van der Waals surface area contributed by atoms with Crippen LogP contribution in [0.4, 0.5) is 5.69 Å². The summed E-state index contributed by atoms with van der Waals surface area (Å²) < 4.78 is 0. The maximum absolute atomic E-state index is 12.1. The molecule has 1 aromatic carbocycles. The molecule has 1 amide bonds. The Bertz CT molecular complexity index is 595. The molecule has 0 aromatic heterocycles. The van der Waals surface area contributed by atoms with Crippen LogP contribution in [-0.4, -0.2) is 17.0 Å². The lowest BCUT2D eigenvalue weighted by molar-refractivity contribution is -0.145. The van der Waals surface area contributed by atoms with Gasteiger partial charge in [-0.15, -0.1) is 0 Å². The summed E-state index contributed by atoms with van der Waals surface area (Å²) >= 11 is 5.88. The van der Waals surface area contributed by atoms with Gasteiger partial charge in [0.2, 0.25) is 5.91 Å². The van der Waals surface area contributed by atoms with E-state index in [1.54, 1.807) is 6.07 Å². The minimum absolute atomic E-state index is 0.256. The first-order chi connectivity index (χ1) is 9.52. The van der Waals surface area contributed by atoms with Crippen LogP contribution >= 0.6 is 11.6 Å². The summed E-state index contributed by atoms with van der Waals surface area (Å²) in [7, 11) is 0. The second kappa shape index (κ2) is 5.93. The Morgan fingerprint density at radius 1 is 1.35 bits per heavy atom. The second-order valence-corrected chi connectivity index (χ2v) is 5.19. The highest BCUT2D eigenvalue weighted by atomic mass is 35.5. The maximum Gasteiger partial charge on any atom is 0.307 e. The summed E-state index contributed by atoms with van der Waals surface area (Å²) in [6.45, 7) is 0. The van der Waals surface area contributed by atoms with Crippen LogP contribution in [0.5, 0.6) is 0 Å². The molecule has 104 valence electrons. The Morgan fingerprint density at radius 2 is 2.05 bits per heavy atom. The molecule has 5 nitrogen and oxygen atoms in total. The fraction of sp³-hybridized carbons (Fsp3) is 0.357. The largest absolute Gasteiger partial charge is 0.481 e. The highest BCUT2D eigenvalue weighted by Gasteiger charge is 2.37. The van der Waals surface area contributed by atoms with Crippen molar-refractivity contribution in [1.29, 1.82) is 5.26 Å². The van der Waals surface area contributed by atoms with E-state index in [2.05, 4.69) is 5.32 Å². The number of carbonyl (C=O) groups excluding carboxylic acids is 1. The number of nitrogens with zero attached hydrogens (tertiary/aromatic N) is 1. The highest BCUT2D eigenvalue weighted by molar-refractivity contribution is 6.32. The lowest BCUT2D eigenvalue weighted by Gasteiger charge is -2.15. The number of carbonyl (C=O) groups is 2. The lowest BCUT2D eigenvalue weighted by atomic mass is 9.95. The van der Waals surface area contributed by atoms with Gasteiger partial charge in [0.25, 0.3) is 0 Å². The van der Waals surface area contributed by atoms with E-state index >= 15 is 0 Å². The van der Waals surface area contributed by atoms with Crippen molar-refractivity contribution in [2.75, 3.05) is 5.32 Å². The number of carboxylic acids is 1. The first kappa shape index (κ1) is 14.4.